The number of nitrogens with zero attached hydrogens (tertiary/aromatic N) is 1. The Balaban J connectivity index is 1.48. The van der Waals surface area contributed by atoms with Gasteiger partial charge in [-0.05, 0) is 42.0 Å². The van der Waals surface area contributed by atoms with Gasteiger partial charge in [-0.25, -0.2) is 0 Å². The normalized spacial score (nSPS) is 16.2. The molecule has 0 saturated heterocycles. The number of ether oxygens (including phenoxy) is 1. The number of rotatable bonds is 4. The van der Waals surface area contributed by atoms with Crippen molar-refractivity contribution in [2.75, 3.05) is 13.2 Å². The van der Waals surface area contributed by atoms with Crippen LogP contribution in [0.2, 0.25) is 0 Å². The minimum atomic E-state index is 0.0391. The van der Waals surface area contributed by atoms with Gasteiger partial charge in [0.1, 0.15) is 5.75 Å². The molecule has 0 saturated carbocycles. The molecule has 1 atom stereocenters. The van der Waals surface area contributed by atoms with Gasteiger partial charge in [0.2, 0.25) is 0 Å². The maximum absolute atomic E-state index is 12.8. The van der Waals surface area contributed by atoms with Gasteiger partial charge in [-0.3, -0.25) is 4.79 Å². The predicted octanol–water partition coefficient (Wildman–Crippen LogP) is 4.94. The molecule has 2 heterocycles. The first-order valence-corrected chi connectivity index (χ1v) is 9.75. The van der Waals surface area contributed by atoms with Crippen molar-refractivity contribution in [1.29, 1.82) is 0 Å². The van der Waals surface area contributed by atoms with Crippen molar-refractivity contribution in [2.45, 2.75) is 19.4 Å². The lowest BCUT2D eigenvalue weighted by molar-refractivity contribution is -0.135. The van der Waals surface area contributed by atoms with Crippen LogP contribution >= 0.6 is 11.3 Å². The van der Waals surface area contributed by atoms with Crippen molar-refractivity contribution in [3.63, 3.8) is 0 Å². The van der Waals surface area contributed by atoms with Crippen LogP contribution in [0.25, 0.3) is 11.1 Å². The first kappa shape index (κ1) is 16.9. The van der Waals surface area contributed by atoms with E-state index in [1.165, 1.54) is 10.4 Å². The van der Waals surface area contributed by atoms with Crippen LogP contribution in [0.1, 0.15) is 23.4 Å². The molecule has 132 valence electrons. The maximum Gasteiger partial charge on any atom is 0.261 e. The fourth-order valence-corrected chi connectivity index (χ4v) is 4.48. The molecule has 4 rings (SSSR count). The molecule has 2 aromatic carbocycles. The zero-order valence-electron chi connectivity index (χ0n) is 14.7. The molecule has 1 aliphatic rings. The Morgan fingerprint density at radius 1 is 1.12 bits per heavy atom. The van der Waals surface area contributed by atoms with E-state index < -0.39 is 0 Å². The first-order valence-electron chi connectivity index (χ1n) is 8.87. The molecule has 0 fully saturated rings. The summed E-state index contributed by atoms with van der Waals surface area (Å²) in [5.41, 5.74) is 3.37. The van der Waals surface area contributed by atoms with Crippen molar-refractivity contribution in [3.05, 3.63) is 76.5 Å². The van der Waals surface area contributed by atoms with Crippen LogP contribution in [-0.4, -0.2) is 24.0 Å². The molecule has 0 N–H and O–H groups in total. The molecule has 0 aliphatic carbocycles. The number of thiophene rings is 1. The smallest absolute Gasteiger partial charge is 0.261 e. The van der Waals surface area contributed by atoms with Crippen molar-refractivity contribution in [1.82, 2.24) is 4.90 Å². The number of amides is 1. The lowest BCUT2D eigenvalue weighted by Gasteiger charge is -2.33. The van der Waals surface area contributed by atoms with E-state index in [0.29, 0.717) is 0 Å². The topological polar surface area (TPSA) is 29.5 Å². The monoisotopic (exact) mass is 363 g/mol. The van der Waals surface area contributed by atoms with Crippen LogP contribution in [0, 0.1) is 0 Å². The number of carbonyl (C=O) groups is 1. The highest BCUT2D eigenvalue weighted by molar-refractivity contribution is 7.10. The summed E-state index contributed by atoms with van der Waals surface area (Å²) in [7, 11) is 0. The second-order valence-electron chi connectivity index (χ2n) is 6.46. The third-order valence-electron chi connectivity index (χ3n) is 4.92. The van der Waals surface area contributed by atoms with Gasteiger partial charge in [0, 0.05) is 17.0 Å². The molecule has 3 aromatic rings. The molecule has 1 aromatic heterocycles. The number of hydrogen-bond donors (Lipinski definition) is 0. The highest BCUT2D eigenvalue weighted by Crippen LogP contribution is 2.33. The summed E-state index contributed by atoms with van der Waals surface area (Å²) in [5, 5.41) is 2.11. The second kappa shape index (κ2) is 7.34. The van der Waals surface area contributed by atoms with Crippen LogP contribution in [0.5, 0.6) is 5.75 Å². The molecule has 4 heteroatoms. The fraction of sp³-hybridized carbons (Fsp3) is 0.227. The molecule has 0 bridgehead atoms. The Kier molecular flexibility index (Phi) is 4.76. The Bertz CT molecular complexity index is 903. The van der Waals surface area contributed by atoms with Crippen molar-refractivity contribution in [2.24, 2.45) is 0 Å². The van der Waals surface area contributed by atoms with Gasteiger partial charge in [0.25, 0.3) is 5.91 Å². The van der Waals surface area contributed by atoms with Crippen LogP contribution < -0.4 is 4.74 Å². The van der Waals surface area contributed by atoms with E-state index in [0.717, 1.165) is 29.8 Å². The number of benzene rings is 2. The van der Waals surface area contributed by atoms with E-state index in [1.54, 1.807) is 11.3 Å². The molecular formula is C22H21NO2S. The molecule has 0 radical (unpaired) electrons. The molecular weight excluding hydrogens is 342 g/mol. The minimum Gasteiger partial charge on any atom is -0.483 e. The Morgan fingerprint density at radius 2 is 1.88 bits per heavy atom. The summed E-state index contributed by atoms with van der Waals surface area (Å²) in [6.07, 6.45) is 0.934. The minimum absolute atomic E-state index is 0.0391. The van der Waals surface area contributed by atoms with E-state index in [-0.39, 0.29) is 18.6 Å². The van der Waals surface area contributed by atoms with Crippen LogP contribution in [-0.2, 0) is 11.2 Å². The first-order chi connectivity index (χ1) is 12.7. The van der Waals surface area contributed by atoms with Gasteiger partial charge in [-0.2, -0.15) is 0 Å². The van der Waals surface area contributed by atoms with Gasteiger partial charge in [0.15, 0.2) is 6.61 Å². The lowest BCUT2D eigenvalue weighted by atomic mass is 10.0. The maximum atomic E-state index is 12.8. The Morgan fingerprint density at radius 3 is 2.73 bits per heavy atom. The van der Waals surface area contributed by atoms with E-state index in [2.05, 4.69) is 30.5 Å². The Labute approximate surface area is 157 Å². The standard InChI is InChI=1S/C22H21NO2S/c1-16-18-12-14-26-21(18)11-13-23(16)22(24)15-25-20-10-6-5-9-19(20)17-7-3-2-4-8-17/h2-10,12,14,16H,11,13,15H2,1H3/t16-/m0/s1. The number of fused-ring (bicyclic) bond motifs is 1. The molecule has 1 aliphatic heterocycles. The summed E-state index contributed by atoms with van der Waals surface area (Å²) in [4.78, 5) is 16.1. The molecule has 0 unspecified atom stereocenters. The second-order valence-corrected chi connectivity index (χ2v) is 7.46. The quantitative estimate of drug-likeness (QED) is 0.657. The largest absolute Gasteiger partial charge is 0.483 e. The molecule has 3 nitrogen and oxygen atoms in total. The summed E-state index contributed by atoms with van der Waals surface area (Å²) >= 11 is 1.78. The van der Waals surface area contributed by atoms with Gasteiger partial charge in [-0.15, -0.1) is 11.3 Å². The van der Waals surface area contributed by atoms with Gasteiger partial charge in [-0.1, -0.05) is 48.5 Å². The number of carbonyl (C=O) groups excluding carboxylic acids is 1. The average molecular weight is 363 g/mol. The molecule has 1 amide bonds. The number of hydrogen-bond acceptors (Lipinski definition) is 3. The van der Waals surface area contributed by atoms with Crippen molar-refractivity contribution in [3.8, 4) is 16.9 Å². The SMILES string of the molecule is C[C@H]1c2ccsc2CCN1C(=O)COc1ccccc1-c1ccccc1. The number of para-hydroxylation sites is 1. The fourth-order valence-electron chi connectivity index (χ4n) is 3.52. The summed E-state index contributed by atoms with van der Waals surface area (Å²) in [6, 6.07) is 20.2. The van der Waals surface area contributed by atoms with E-state index in [1.807, 2.05) is 47.4 Å². The van der Waals surface area contributed by atoms with Gasteiger partial charge >= 0.3 is 0 Å². The average Bonchev–Trinajstić information content (AvgIpc) is 3.17. The van der Waals surface area contributed by atoms with E-state index >= 15 is 0 Å². The summed E-state index contributed by atoms with van der Waals surface area (Å²) < 4.78 is 5.94. The van der Waals surface area contributed by atoms with Crippen LogP contribution in [0.15, 0.2) is 66.0 Å². The van der Waals surface area contributed by atoms with Gasteiger partial charge in [0.05, 0.1) is 6.04 Å². The molecule has 0 spiro atoms. The van der Waals surface area contributed by atoms with Crippen LogP contribution in [0.3, 0.4) is 0 Å². The van der Waals surface area contributed by atoms with E-state index in [9.17, 15) is 4.79 Å². The predicted molar refractivity (Wildman–Crippen MR) is 106 cm³/mol. The summed E-state index contributed by atoms with van der Waals surface area (Å²) in [6.45, 7) is 2.92. The Hall–Kier alpha value is -2.59. The highest BCUT2D eigenvalue weighted by Gasteiger charge is 2.28. The third-order valence-corrected chi connectivity index (χ3v) is 5.92. The summed E-state index contributed by atoms with van der Waals surface area (Å²) in [5.74, 6) is 0.783. The lowest BCUT2D eigenvalue weighted by Crippen LogP contribution is -2.40. The van der Waals surface area contributed by atoms with Crippen LogP contribution in [0.4, 0.5) is 0 Å². The molecule has 26 heavy (non-hydrogen) atoms. The zero-order chi connectivity index (χ0) is 17.9. The van der Waals surface area contributed by atoms with Gasteiger partial charge < -0.3 is 9.64 Å². The highest BCUT2D eigenvalue weighted by atomic mass is 32.1. The van der Waals surface area contributed by atoms with E-state index in [4.69, 9.17) is 4.74 Å². The van der Waals surface area contributed by atoms with Crippen molar-refractivity contribution < 1.29 is 9.53 Å². The zero-order valence-corrected chi connectivity index (χ0v) is 15.5. The van der Waals surface area contributed by atoms with Crippen molar-refractivity contribution >= 4 is 17.2 Å². The third kappa shape index (κ3) is 3.25.